The Balaban J connectivity index is 1.83. The van der Waals surface area contributed by atoms with Gasteiger partial charge in [-0.1, -0.05) is 42.5 Å². The average Bonchev–Trinajstić information content (AvgIpc) is 2.89. The lowest BCUT2D eigenvalue weighted by atomic mass is 10.1. The molecule has 0 amide bonds. The van der Waals surface area contributed by atoms with Crippen molar-refractivity contribution in [3.8, 4) is 16.9 Å². The molecule has 0 aliphatic carbocycles. The lowest BCUT2D eigenvalue weighted by Crippen LogP contribution is -1.96. The fourth-order valence-electron chi connectivity index (χ4n) is 2.34. The normalized spacial score (nSPS) is 10.6. The number of aromatic nitrogens is 1. The minimum absolute atomic E-state index is 0.199. The second-order valence-electron chi connectivity index (χ2n) is 4.91. The van der Waals surface area contributed by atoms with Crippen molar-refractivity contribution in [2.45, 2.75) is 6.54 Å². The molecule has 0 saturated heterocycles. The third-order valence-corrected chi connectivity index (χ3v) is 3.44. The van der Waals surface area contributed by atoms with E-state index in [2.05, 4.69) is 0 Å². The average molecular weight is 281 g/mol. The van der Waals surface area contributed by atoms with Gasteiger partial charge >= 0.3 is 0 Å². The summed E-state index contributed by atoms with van der Waals surface area (Å²) in [6.45, 7) is 0.633. The van der Waals surface area contributed by atoms with Crippen LogP contribution in [0.2, 0.25) is 0 Å². The molecule has 0 N–H and O–H groups in total. The van der Waals surface area contributed by atoms with E-state index in [1.54, 1.807) is 7.11 Å². The second kappa shape index (κ2) is 5.83. The van der Waals surface area contributed by atoms with Crippen LogP contribution in [0, 0.1) is 5.82 Å². The van der Waals surface area contributed by atoms with Gasteiger partial charge in [0.25, 0.3) is 0 Å². The van der Waals surface area contributed by atoms with E-state index in [1.165, 1.54) is 6.20 Å². The van der Waals surface area contributed by atoms with Gasteiger partial charge in [-0.05, 0) is 23.3 Å². The van der Waals surface area contributed by atoms with Gasteiger partial charge in [-0.3, -0.25) is 0 Å². The zero-order valence-electron chi connectivity index (χ0n) is 11.8. The lowest BCUT2D eigenvalue weighted by molar-refractivity contribution is 0.414. The van der Waals surface area contributed by atoms with Crippen molar-refractivity contribution in [2.75, 3.05) is 7.11 Å². The number of ether oxygens (including phenoxy) is 1. The van der Waals surface area contributed by atoms with Crippen molar-refractivity contribution in [2.24, 2.45) is 0 Å². The summed E-state index contributed by atoms with van der Waals surface area (Å²) >= 11 is 0. The van der Waals surface area contributed by atoms with E-state index >= 15 is 0 Å². The maximum atomic E-state index is 14.1. The molecule has 1 aromatic heterocycles. The lowest BCUT2D eigenvalue weighted by Gasteiger charge is -2.04. The Labute approximate surface area is 123 Å². The minimum Gasteiger partial charge on any atom is -0.497 e. The van der Waals surface area contributed by atoms with Gasteiger partial charge in [0.05, 0.1) is 7.11 Å². The summed E-state index contributed by atoms with van der Waals surface area (Å²) in [4.78, 5) is 0. The van der Waals surface area contributed by atoms with Crippen LogP contribution in [-0.4, -0.2) is 11.7 Å². The maximum Gasteiger partial charge on any atom is 0.148 e. The van der Waals surface area contributed by atoms with E-state index in [9.17, 15) is 4.39 Å². The quantitative estimate of drug-likeness (QED) is 0.693. The Kier molecular flexibility index (Phi) is 3.73. The highest BCUT2D eigenvalue weighted by molar-refractivity contribution is 5.63. The standard InChI is InChI=1S/C18H16FNO/c1-21-16-9-7-14(8-10-16)11-20-12-17(18(19)13-20)15-5-3-2-4-6-15/h2-10,12-13H,11H2,1H3. The fraction of sp³-hybridized carbons (Fsp3) is 0.111. The molecule has 3 rings (SSSR count). The first-order valence-corrected chi connectivity index (χ1v) is 6.80. The van der Waals surface area contributed by atoms with Gasteiger partial charge in [-0.15, -0.1) is 0 Å². The van der Waals surface area contributed by atoms with E-state index in [4.69, 9.17) is 4.74 Å². The van der Waals surface area contributed by atoms with E-state index in [-0.39, 0.29) is 5.82 Å². The third kappa shape index (κ3) is 2.97. The van der Waals surface area contributed by atoms with Crippen molar-refractivity contribution in [1.29, 1.82) is 0 Å². The molecule has 106 valence electrons. The Hall–Kier alpha value is -2.55. The first kappa shape index (κ1) is 13.4. The Morgan fingerprint density at radius 1 is 0.952 bits per heavy atom. The zero-order chi connectivity index (χ0) is 14.7. The van der Waals surface area contributed by atoms with Gasteiger partial charge in [0.2, 0.25) is 0 Å². The van der Waals surface area contributed by atoms with Gasteiger partial charge in [0.15, 0.2) is 0 Å². The van der Waals surface area contributed by atoms with Crippen LogP contribution in [0.15, 0.2) is 67.0 Å². The van der Waals surface area contributed by atoms with Gasteiger partial charge in [-0.25, -0.2) is 4.39 Å². The van der Waals surface area contributed by atoms with Crippen molar-refractivity contribution in [3.63, 3.8) is 0 Å². The molecule has 0 radical (unpaired) electrons. The highest BCUT2D eigenvalue weighted by atomic mass is 19.1. The number of rotatable bonds is 4. The smallest absolute Gasteiger partial charge is 0.148 e. The first-order valence-electron chi connectivity index (χ1n) is 6.80. The molecule has 21 heavy (non-hydrogen) atoms. The number of hydrogen-bond acceptors (Lipinski definition) is 1. The molecule has 0 bridgehead atoms. The van der Waals surface area contributed by atoms with Crippen molar-refractivity contribution >= 4 is 0 Å². The molecule has 0 aliphatic rings. The molecule has 0 unspecified atom stereocenters. The molecule has 3 aromatic rings. The summed E-state index contributed by atoms with van der Waals surface area (Å²) in [7, 11) is 1.64. The number of methoxy groups -OCH3 is 1. The molecule has 2 aromatic carbocycles. The summed E-state index contributed by atoms with van der Waals surface area (Å²) < 4.78 is 21.1. The summed E-state index contributed by atoms with van der Waals surface area (Å²) in [6, 6.07) is 17.4. The van der Waals surface area contributed by atoms with Crippen molar-refractivity contribution in [1.82, 2.24) is 4.57 Å². The minimum atomic E-state index is -0.199. The number of nitrogens with zero attached hydrogens (tertiary/aromatic N) is 1. The van der Waals surface area contributed by atoms with Crippen LogP contribution < -0.4 is 4.74 Å². The monoisotopic (exact) mass is 281 g/mol. The highest BCUT2D eigenvalue weighted by Gasteiger charge is 2.08. The fourth-order valence-corrected chi connectivity index (χ4v) is 2.34. The van der Waals surface area contributed by atoms with E-state index in [0.717, 1.165) is 16.9 Å². The molecular weight excluding hydrogens is 265 g/mol. The summed E-state index contributed by atoms with van der Waals surface area (Å²) in [6.07, 6.45) is 3.38. The molecular formula is C18H16FNO. The predicted octanol–water partition coefficient (Wildman–Crippen LogP) is 4.35. The Bertz CT molecular complexity index is 717. The van der Waals surface area contributed by atoms with Crippen LogP contribution >= 0.6 is 0 Å². The number of hydrogen-bond donors (Lipinski definition) is 0. The predicted molar refractivity (Wildman–Crippen MR) is 81.9 cm³/mol. The SMILES string of the molecule is COc1ccc(Cn2cc(F)c(-c3ccccc3)c2)cc1. The molecule has 0 atom stereocenters. The summed E-state index contributed by atoms with van der Waals surface area (Å²) in [5, 5.41) is 0. The van der Waals surface area contributed by atoms with Crippen LogP contribution in [0.25, 0.3) is 11.1 Å². The van der Waals surface area contributed by atoms with E-state index in [1.807, 2.05) is 65.4 Å². The van der Waals surface area contributed by atoms with Crippen LogP contribution in [0.3, 0.4) is 0 Å². The molecule has 1 heterocycles. The zero-order valence-corrected chi connectivity index (χ0v) is 11.8. The number of halogens is 1. The molecule has 0 saturated carbocycles. The number of benzene rings is 2. The van der Waals surface area contributed by atoms with Crippen LogP contribution in [0.4, 0.5) is 4.39 Å². The van der Waals surface area contributed by atoms with Crippen molar-refractivity contribution in [3.05, 3.63) is 78.4 Å². The Morgan fingerprint density at radius 3 is 2.33 bits per heavy atom. The summed E-state index contributed by atoms with van der Waals surface area (Å²) in [5.74, 6) is 0.622. The van der Waals surface area contributed by atoms with Crippen LogP contribution in [0.1, 0.15) is 5.56 Å². The molecule has 0 aliphatic heterocycles. The van der Waals surface area contributed by atoms with Crippen molar-refractivity contribution < 1.29 is 9.13 Å². The molecule has 3 heteroatoms. The summed E-state index contributed by atoms with van der Waals surface area (Å²) in [5.41, 5.74) is 2.62. The third-order valence-electron chi connectivity index (χ3n) is 3.44. The van der Waals surface area contributed by atoms with E-state index < -0.39 is 0 Å². The topological polar surface area (TPSA) is 14.2 Å². The van der Waals surface area contributed by atoms with E-state index in [0.29, 0.717) is 12.1 Å². The molecule has 0 spiro atoms. The van der Waals surface area contributed by atoms with Gasteiger partial charge < -0.3 is 9.30 Å². The van der Waals surface area contributed by atoms with Gasteiger partial charge in [-0.2, -0.15) is 0 Å². The van der Waals surface area contributed by atoms with Gasteiger partial charge in [0, 0.05) is 24.5 Å². The maximum absolute atomic E-state index is 14.1. The van der Waals surface area contributed by atoms with Crippen LogP contribution in [-0.2, 0) is 6.54 Å². The highest BCUT2D eigenvalue weighted by Crippen LogP contribution is 2.24. The first-order chi connectivity index (χ1) is 10.3. The van der Waals surface area contributed by atoms with Crippen LogP contribution in [0.5, 0.6) is 5.75 Å². The molecule has 2 nitrogen and oxygen atoms in total. The Morgan fingerprint density at radius 2 is 1.67 bits per heavy atom. The molecule has 0 fully saturated rings. The second-order valence-corrected chi connectivity index (χ2v) is 4.91. The largest absolute Gasteiger partial charge is 0.497 e. The van der Waals surface area contributed by atoms with Gasteiger partial charge in [0.1, 0.15) is 11.6 Å².